The minimum absolute atomic E-state index is 0.589. The molecule has 0 fully saturated rings. The Labute approximate surface area is 239 Å². The van der Waals surface area contributed by atoms with E-state index in [0.717, 1.165) is 45.2 Å². The molecule has 0 radical (unpaired) electrons. The fourth-order valence-electron chi connectivity index (χ4n) is 5.18. The lowest BCUT2D eigenvalue weighted by Gasteiger charge is -2.29. The second-order valence-corrected chi connectivity index (χ2v) is 9.71. The number of oxazole rings is 1. The molecule has 0 aliphatic heterocycles. The molecule has 0 aliphatic rings. The van der Waals surface area contributed by atoms with Crippen molar-refractivity contribution in [3.8, 4) is 11.5 Å². The van der Waals surface area contributed by atoms with Gasteiger partial charge >= 0.3 is 0 Å². The van der Waals surface area contributed by atoms with Crippen LogP contribution in [0.1, 0.15) is 0 Å². The van der Waals surface area contributed by atoms with Crippen LogP contribution in [0.2, 0.25) is 0 Å². The standard InChI is InChI=1S/C37H27N3O/c1-6-16-28(17-7-1)37-38-36-34(40(31-22-12-4-13-23-31)32-24-14-5-15-25-32)26-33(27-35(36)41-37)39(29-18-8-2-9-19-29)30-20-10-3-11-21-30/h1-27H. The maximum Gasteiger partial charge on any atom is 0.227 e. The van der Waals surface area contributed by atoms with Crippen molar-refractivity contribution in [3.05, 3.63) is 164 Å². The third-order valence-corrected chi connectivity index (χ3v) is 7.04. The van der Waals surface area contributed by atoms with Gasteiger partial charge in [-0.25, -0.2) is 4.98 Å². The smallest absolute Gasteiger partial charge is 0.227 e. The van der Waals surface area contributed by atoms with Gasteiger partial charge in [-0.1, -0.05) is 91.0 Å². The van der Waals surface area contributed by atoms with Gasteiger partial charge in [-0.2, -0.15) is 0 Å². The molecular weight excluding hydrogens is 502 g/mol. The first-order chi connectivity index (χ1) is 20.3. The van der Waals surface area contributed by atoms with Crippen LogP contribution in [0.4, 0.5) is 34.1 Å². The first-order valence-corrected chi connectivity index (χ1v) is 13.7. The van der Waals surface area contributed by atoms with Crippen molar-refractivity contribution in [1.29, 1.82) is 0 Å². The molecule has 0 saturated heterocycles. The van der Waals surface area contributed by atoms with Crippen molar-refractivity contribution < 1.29 is 4.42 Å². The highest BCUT2D eigenvalue weighted by atomic mass is 16.3. The van der Waals surface area contributed by atoms with Gasteiger partial charge in [0.25, 0.3) is 0 Å². The zero-order chi connectivity index (χ0) is 27.4. The highest BCUT2D eigenvalue weighted by Gasteiger charge is 2.23. The van der Waals surface area contributed by atoms with Crippen molar-refractivity contribution in [2.75, 3.05) is 9.80 Å². The van der Waals surface area contributed by atoms with E-state index in [1.807, 2.05) is 54.6 Å². The number of nitrogens with zero attached hydrogens (tertiary/aromatic N) is 3. The topological polar surface area (TPSA) is 32.5 Å². The first kappa shape index (κ1) is 24.4. The average Bonchev–Trinajstić information content (AvgIpc) is 3.49. The molecule has 1 heterocycles. The van der Waals surface area contributed by atoms with Gasteiger partial charge in [-0.3, -0.25) is 0 Å². The second-order valence-electron chi connectivity index (χ2n) is 9.71. The molecule has 0 unspecified atom stereocenters. The van der Waals surface area contributed by atoms with Crippen LogP contribution in [0.15, 0.2) is 168 Å². The highest BCUT2D eigenvalue weighted by molar-refractivity contribution is 5.99. The van der Waals surface area contributed by atoms with Crippen LogP contribution >= 0.6 is 0 Å². The highest BCUT2D eigenvalue weighted by Crippen LogP contribution is 2.44. The van der Waals surface area contributed by atoms with Crippen LogP contribution in [-0.4, -0.2) is 4.98 Å². The van der Waals surface area contributed by atoms with Crippen LogP contribution < -0.4 is 9.80 Å². The van der Waals surface area contributed by atoms with E-state index in [9.17, 15) is 0 Å². The number of benzene rings is 6. The zero-order valence-corrected chi connectivity index (χ0v) is 22.3. The minimum atomic E-state index is 0.589. The van der Waals surface area contributed by atoms with Gasteiger partial charge in [0, 0.05) is 34.4 Å². The van der Waals surface area contributed by atoms with Crippen LogP contribution in [0, 0.1) is 0 Å². The lowest BCUT2D eigenvalue weighted by atomic mass is 10.1. The van der Waals surface area contributed by atoms with Crippen molar-refractivity contribution >= 4 is 45.2 Å². The van der Waals surface area contributed by atoms with E-state index in [2.05, 4.69) is 119 Å². The zero-order valence-electron chi connectivity index (χ0n) is 22.3. The molecule has 0 amide bonds. The lowest BCUT2D eigenvalue weighted by molar-refractivity contribution is 0.620. The number of aromatic nitrogens is 1. The number of hydrogen-bond donors (Lipinski definition) is 0. The van der Waals surface area contributed by atoms with Crippen LogP contribution in [0.5, 0.6) is 0 Å². The van der Waals surface area contributed by atoms with E-state index < -0.39 is 0 Å². The maximum absolute atomic E-state index is 6.51. The summed E-state index contributed by atoms with van der Waals surface area (Å²) >= 11 is 0. The molecule has 6 aromatic carbocycles. The molecule has 0 aliphatic carbocycles. The Balaban J connectivity index is 1.53. The van der Waals surface area contributed by atoms with Gasteiger partial charge in [0.05, 0.1) is 11.4 Å². The SMILES string of the molecule is c1ccc(-c2nc3c(N(c4ccccc4)c4ccccc4)cc(N(c4ccccc4)c4ccccc4)cc3o2)cc1. The Bertz CT molecular complexity index is 1790. The second kappa shape index (κ2) is 10.9. The van der Waals surface area contributed by atoms with Gasteiger partial charge in [0.2, 0.25) is 5.89 Å². The van der Waals surface area contributed by atoms with E-state index in [1.54, 1.807) is 0 Å². The summed E-state index contributed by atoms with van der Waals surface area (Å²) in [6, 6.07) is 56.0. The van der Waals surface area contributed by atoms with Gasteiger partial charge in [0.1, 0.15) is 5.52 Å². The first-order valence-electron chi connectivity index (χ1n) is 13.7. The third kappa shape index (κ3) is 4.83. The Morgan fingerprint density at radius 3 is 1.29 bits per heavy atom. The number of hydrogen-bond acceptors (Lipinski definition) is 4. The fraction of sp³-hybridized carbons (Fsp3) is 0. The quantitative estimate of drug-likeness (QED) is 0.206. The fourth-order valence-corrected chi connectivity index (χ4v) is 5.18. The van der Waals surface area contributed by atoms with Crippen molar-refractivity contribution in [2.45, 2.75) is 0 Å². The molecule has 0 saturated carbocycles. The van der Waals surface area contributed by atoms with Gasteiger partial charge in [0.15, 0.2) is 5.58 Å². The molecule has 4 nitrogen and oxygen atoms in total. The minimum Gasteiger partial charge on any atom is -0.436 e. The molecule has 0 spiro atoms. The van der Waals surface area contributed by atoms with E-state index in [0.29, 0.717) is 11.5 Å². The molecule has 7 aromatic rings. The summed E-state index contributed by atoms with van der Waals surface area (Å²) in [5.74, 6) is 0.589. The largest absolute Gasteiger partial charge is 0.436 e. The molecule has 0 atom stereocenters. The summed E-state index contributed by atoms with van der Waals surface area (Å²) < 4.78 is 6.51. The Morgan fingerprint density at radius 1 is 0.415 bits per heavy atom. The summed E-state index contributed by atoms with van der Waals surface area (Å²) in [4.78, 5) is 9.57. The van der Waals surface area contributed by atoms with Gasteiger partial charge in [-0.05, 0) is 66.7 Å². The predicted molar refractivity (Wildman–Crippen MR) is 169 cm³/mol. The molecule has 196 valence electrons. The van der Waals surface area contributed by atoms with E-state index in [-0.39, 0.29) is 0 Å². The molecule has 7 rings (SSSR count). The van der Waals surface area contributed by atoms with Crippen LogP contribution in [0.25, 0.3) is 22.6 Å². The summed E-state index contributed by atoms with van der Waals surface area (Å²) in [6.45, 7) is 0. The van der Waals surface area contributed by atoms with E-state index in [1.165, 1.54) is 0 Å². The molecule has 4 heteroatoms. The van der Waals surface area contributed by atoms with Crippen molar-refractivity contribution in [2.24, 2.45) is 0 Å². The number of anilines is 6. The summed E-state index contributed by atoms with van der Waals surface area (Å²) in [5.41, 5.74) is 8.52. The van der Waals surface area contributed by atoms with Crippen LogP contribution in [-0.2, 0) is 0 Å². The summed E-state index contributed by atoms with van der Waals surface area (Å²) in [7, 11) is 0. The number of rotatable bonds is 7. The molecule has 41 heavy (non-hydrogen) atoms. The Morgan fingerprint density at radius 2 is 0.829 bits per heavy atom. The van der Waals surface area contributed by atoms with Crippen LogP contribution in [0.3, 0.4) is 0 Å². The maximum atomic E-state index is 6.51. The predicted octanol–water partition coefficient (Wildman–Crippen LogP) is 10.4. The monoisotopic (exact) mass is 529 g/mol. The molecular formula is C37H27N3O. The normalized spacial score (nSPS) is 10.9. The number of para-hydroxylation sites is 4. The Hall–Kier alpha value is -5.61. The van der Waals surface area contributed by atoms with Gasteiger partial charge < -0.3 is 14.2 Å². The Kier molecular flexibility index (Phi) is 6.48. The van der Waals surface area contributed by atoms with Gasteiger partial charge in [-0.15, -0.1) is 0 Å². The van der Waals surface area contributed by atoms with Crippen molar-refractivity contribution in [1.82, 2.24) is 4.98 Å². The molecule has 0 bridgehead atoms. The lowest BCUT2D eigenvalue weighted by Crippen LogP contribution is -2.13. The molecule has 1 aromatic heterocycles. The number of fused-ring (bicyclic) bond motifs is 1. The van der Waals surface area contributed by atoms with E-state index >= 15 is 0 Å². The van der Waals surface area contributed by atoms with Crippen molar-refractivity contribution in [3.63, 3.8) is 0 Å². The summed E-state index contributed by atoms with van der Waals surface area (Å²) in [6.07, 6.45) is 0. The van der Waals surface area contributed by atoms with E-state index in [4.69, 9.17) is 9.40 Å². The average molecular weight is 530 g/mol. The molecule has 0 N–H and O–H groups in total. The third-order valence-electron chi connectivity index (χ3n) is 7.04. The summed E-state index contributed by atoms with van der Waals surface area (Å²) in [5, 5.41) is 0.